The van der Waals surface area contributed by atoms with Crippen LogP contribution in [0, 0.1) is 0 Å². The monoisotopic (exact) mass is 322 g/mol. The van der Waals surface area contributed by atoms with Gasteiger partial charge in [-0.05, 0) is 18.6 Å². The lowest BCUT2D eigenvalue weighted by Gasteiger charge is -2.16. The number of halogens is 3. The van der Waals surface area contributed by atoms with Gasteiger partial charge in [0.1, 0.15) is 0 Å². The van der Waals surface area contributed by atoms with Gasteiger partial charge < -0.3 is 10.6 Å². The van der Waals surface area contributed by atoms with Crippen LogP contribution < -0.4 is 16.0 Å². The van der Waals surface area contributed by atoms with E-state index in [1.807, 2.05) is 0 Å². The van der Waals surface area contributed by atoms with Crippen molar-refractivity contribution in [2.24, 2.45) is 4.99 Å². The van der Waals surface area contributed by atoms with Crippen LogP contribution in [0.1, 0.15) is 6.42 Å². The molecule has 0 bridgehead atoms. The summed E-state index contributed by atoms with van der Waals surface area (Å²) >= 11 is 11.9. The zero-order valence-electron chi connectivity index (χ0n) is 9.87. The molecule has 1 aromatic rings. The topological polar surface area (TPSA) is 65.5 Å². The molecule has 2 amide bonds. The summed E-state index contributed by atoms with van der Waals surface area (Å²) in [6.07, 6.45) is 0.961. The van der Waals surface area contributed by atoms with Gasteiger partial charge in [0.15, 0.2) is 5.96 Å². The van der Waals surface area contributed by atoms with Crippen LogP contribution in [-0.2, 0) is 0 Å². The summed E-state index contributed by atoms with van der Waals surface area (Å²) < 4.78 is 0. The van der Waals surface area contributed by atoms with Crippen molar-refractivity contribution in [1.82, 2.24) is 10.6 Å². The number of guanidine groups is 1. The molecule has 1 heterocycles. The maximum absolute atomic E-state index is 11.7. The van der Waals surface area contributed by atoms with Crippen LogP contribution >= 0.6 is 35.6 Å². The van der Waals surface area contributed by atoms with Gasteiger partial charge in [-0.2, -0.15) is 0 Å². The molecule has 0 spiro atoms. The van der Waals surface area contributed by atoms with Crippen LogP contribution in [0.2, 0.25) is 10.0 Å². The first-order valence-corrected chi connectivity index (χ1v) is 6.23. The van der Waals surface area contributed by atoms with E-state index >= 15 is 0 Å². The number of carbonyl (C=O) groups is 1. The number of amides is 2. The second-order valence-corrected chi connectivity index (χ2v) is 4.50. The summed E-state index contributed by atoms with van der Waals surface area (Å²) in [6, 6.07) is 4.58. The number of hydrogen-bond donors (Lipinski definition) is 3. The lowest BCUT2D eigenvalue weighted by atomic mass is 10.3. The van der Waals surface area contributed by atoms with Crippen molar-refractivity contribution in [3.63, 3.8) is 0 Å². The number of nitrogens with zero attached hydrogens (tertiary/aromatic N) is 1. The largest absolute Gasteiger partial charge is 0.356 e. The number of benzene rings is 1. The van der Waals surface area contributed by atoms with Crippen molar-refractivity contribution in [2.75, 3.05) is 18.4 Å². The number of anilines is 1. The number of para-hydroxylation sites is 1. The fourth-order valence-corrected chi connectivity index (χ4v) is 1.98. The lowest BCUT2D eigenvalue weighted by Crippen LogP contribution is -2.45. The van der Waals surface area contributed by atoms with Crippen molar-refractivity contribution < 1.29 is 4.79 Å². The van der Waals surface area contributed by atoms with Gasteiger partial charge in [-0.3, -0.25) is 10.3 Å². The third-order valence-corrected chi connectivity index (χ3v) is 2.96. The van der Waals surface area contributed by atoms with E-state index in [9.17, 15) is 4.79 Å². The molecule has 3 N–H and O–H groups in total. The van der Waals surface area contributed by atoms with E-state index in [-0.39, 0.29) is 12.4 Å². The smallest absolute Gasteiger partial charge is 0.326 e. The van der Waals surface area contributed by atoms with Crippen molar-refractivity contribution in [1.29, 1.82) is 0 Å². The molecular formula is C11H13Cl3N4O. The first-order chi connectivity index (χ1) is 8.66. The molecule has 0 atom stereocenters. The molecule has 104 valence electrons. The quantitative estimate of drug-likeness (QED) is 0.744. The minimum atomic E-state index is -0.432. The second kappa shape index (κ2) is 7.43. The molecule has 0 radical (unpaired) electrons. The minimum Gasteiger partial charge on any atom is -0.356 e. The van der Waals surface area contributed by atoms with E-state index in [0.29, 0.717) is 28.2 Å². The van der Waals surface area contributed by atoms with E-state index in [1.165, 1.54) is 0 Å². The average molecular weight is 324 g/mol. The van der Waals surface area contributed by atoms with Crippen LogP contribution in [0.15, 0.2) is 23.2 Å². The second-order valence-electron chi connectivity index (χ2n) is 3.69. The van der Waals surface area contributed by atoms with E-state index in [4.69, 9.17) is 23.2 Å². The van der Waals surface area contributed by atoms with Crippen molar-refractivity contribution in [3.8, 4) is 0 Å². The predicted molar refractivity (Wildman–Crippen MR) is 80.8 cm³/mol. The molecule has 0 fully saturated rings. The Morgan fingerprint density at radius 1 is 1.26 bits per heavy atom. The standard InChI is InChI=1S/C11H12Cl2N4O.ClH/c12-7-3-1-4-8(13)9(7)16-11(18)17-10-14-5-2-6-15-10;/h1,3-4H,2,5-6H2,(H3,14,15,16,17,18);1H. The average Bonchev–Trinajstić information content (AvgIpc) is 2.35. The van der Waals surface area contributed by atoms with Gasteiger partial charge in [-0.1, -0.05) is 29.3 Å². The summed E-state index contributed by atoms with van der Waals surface area (Å²) in [5.41, 5.74) is 0.384. The van der Waals surface area contributed by atoms with Crippen LogP contribution in [0.25, 0.3) is 0 Å². The molecule has 1 aliphatic heterocycles. The van der Waals surface area contributed by atoms with Crippen LogP contribution in [0.5, 0.6) is 0 Å². The highest BCUT2D eigenvalue weighted by molar-refractivity contribution is 6.39. The van der Waals surface area contributed by atoms with Gasteiger partial charge in [0, 0.05) is 13.1 Å². The summed E-state index contributed by atoms with van der Waals surface area (Å²) in [6.45, 7) is 1.50. The Hall–Kier alpha value is -1.17. The molecule has 0 aromatic heterocycles. The van der Waals surface area contributed by atoms with Crippen LogP contribution in [-0.4, -0.2) is 25.1 Å². The van der Waals surface area contributed by atoms with Crippen molar-refractivity contribution in [2.45, 2.75) is 6.42 Å². The van der Waals surface area contributed by atoms with Crippen molar-refractivity contribution in [3.05, 3.63) is 28.2 Å². The summed E-state index contributed by atoms with van der Waals surface area (Å²) in [7, 11) is 0. The van der Waals surface area contributed by atoms with Crippen molar-refractivity contribution >= 4 is 53.3 Å². The number of rotatable bonds is 1. The Labute approximate surface area is 127 Å². The number of nitrogens with one attached hydrogen (secondary N) is 3. The third kappa shape index (κ3) is 4.45. The Morgan fingerprint density at radius 3 is 2.53 bits per heavy atom. The molecule has 2 rings (SSSR count). The maximum atomic E-state index is 11.7. The lowest BCUT2D eigenvalue weighted by molar-refractivity contribution is 0.255. The van der Waals surface area contributed by atoms with E-state index in [1.54, 1.807) is 18.2 Å². The maximum Gasteiger partial charge on any atom is 0.326 e. The molecular weight excluding hydrogens is 311 g/mol. The molecule has 0 unspecified atom stereocenters. The van der Waals surface area contributed by atoms with Crippen LogP contribution in [0.3, 0.4) is 0 Å². The van der Waals surface area contributed by atoms with E-state index < -0.39 is 6.03 Å². The zero-order valence-corrected chi connectivity index (χ0v) is 12.2. The first kappa shape index (κ1) is 15.9. The SMILES string of the molecule is Cl.O=C(NC1=NCCCN1)Nc1c(Cl)cccc1Cl. The van der Waals surface area contributed by atoms with Crippen LogP contribution in [0.4, 0.5) is 10.5 Å². The summed E-state index contributed by atoms with van der Waals surface area (Å²) in [5.74, 6) is 0.460. The fraction of sp³-hybridized carbons (Fsp3) is 0.273. The van der Waals surface area contributed by atoms with Gasteiger partial charge >= 0.3 is 6.03 Å². The Balaban J connectivity index is 0.00000180. The molecule has 0 saturated heterocycles. The Morgan fingerprint density at radius 2 is 1.95 bits per heavy atom. The third-order valence-electron chi connectivity index (χ3n) is 2.33. The minimum absolute atomic E-state index is 0. The highest BCUT2D eigenvalue weighted by Crippen LogP contribution is 2.29. The molecule has 5 nitrogen and oxygen atoms in total. The molecule has 1 aromatic carbocycles. The van der Waals surface area contributed by atoms with Gasteiger partial charge in [0.05, 0.1) is 15.7 Å². The zero-order chi connectivity index (χ0) is 13.0. The summed E-state index contributed by atoms with van der Waals surface area (Å²) in [4.78, 5) is 15.8. The normalized spacial score (nSPS) is 13.7. The summed E-state index contributed by atoms with van der Waals surface area (Å²) in [5, 5.41) is 8.93. The fourth-order valence-electron chi connectivity index (χ4n) is 1.49. The molecule has 0 aliphatic carbocycles. The number of urea groups is 1. The number of hydrogen-bond acceptors (Lipinski definition) is 3. The van der Waals surface area contributed by atoms with Gasteiger partial charge in [0.2, 0.25) is 0 Å². The predicted octanol–water partition coefficient (Wildman–Crippen LogP) is 2.89. The van der Waals surface area contributed by atoms with Gasteiger partial charge in [-0.15, -0.1) is 12.4 Å². The molecule has 1 aliphatic rings. The van der Waals surface area contributed by atoms with Gasteiger partial charge in [0.25, 0.3) is 0 Å². The van der Waals surface area contributed by atoms with E-state index in [0.717, 1.165) is 13.0 Å². The molecule has 8 heteroatoms. The highest BCUT2D eigenvalue weighted by Gasteiger charge is 2.12. The first-order valence-electron chi connectivity index (χ1n) is 5.47. The Bertz CT molecular complexity index is 473. The number of carbonyl (C=O) groups excluding carboxylic acids is 1. The van der Waals surface area contributed by atoms with Gasteiger partial charge in [-0.25, -0.2) is 4.79 Å². The molecule has 19 heavy (non-hydrogen) atoms. The Kier molecular flexibility index (Phi) is 6.21. The van der Waals surface area contributed by atoms with E-state index in [2.05, 4.69) is 20.9 Å². The highest BCUT2D eigenvalue weighted by atomic mass is 35.5. The molecule has 0 saturated carbocycles. The number of aliphatic imine (C=N–C) groups is 1.